The molecule has 0 bridgehead atoms. The molecule has 3 aliphatic heterocycles. The maximum Gasteiger partial charge on any atom is 0.220 e. The van der Waals surface area contributed by atoms with Crippen LogP contribution in [0.1, 0.15) is 25.7 Å². The van der Waals surface area contributed by atoms with Gasteiger partial charge in [0.1, 0.15) is 0 Å². The third-order valence-corrected chi connectivity index (χ3v) is 5.05. The molecule has 100 valence electrons. The molecule has 3 fully saturated rings. The van der Waals surface area contributed by atoms with Crippen LogP contribution in [0.15, 0.2) is 4.99 Å². The van der Waals surface area contributed by atoms with Crippen molar-refractivity contribution in [3.63, 3.8) is 0 Å². The number of ether oxygens (including phenoxy) is 1. The maximum atomic E-state index is 11.1. The molecule has 1 amide bonds. The quantitative estimate of drug-likeness (QED) is 0.766. The van der Waals surface area contributed by atoms with Crippen LogP contribution in [0, 0.1) is 0 Å². The number of amides is 1. The van der Waals surface area contributed by atoms with E-state index in [1.807, 2.05) is 0 Å². The SMILES string of the molecule is O=C1CCC(CN=C2NC3(CCOCC3)CS2)N1. The summed E-state index contributed by atoms with van der Waals surface area (Å²) in [5.41, 5.74) is 0.209. The molecule has 1 unspecified atom stereocenters. The summed E-state index contributed by atoms with van der Waals surface area (Å²) in [6.07, 6.45) is 3.70. The summed E-state index contributed by atoms with van der Waals surface area (Å²) < 4.78 is 5.41. The van der Waals surface area contributed by atoms with Crippen LogP contribution >= 0.6 is 11.8 Å². The molecule has 2 N–H and O–H groups in total. The van der Waals surface area contributed by atoms with Crippen molar-refractivity contribution in [3.05, 3.63) is 0 Å². The Labute approximate surface area is 111 Å². The fourth-order valence-corrected chi connectivity index (χ4v) is 3.86. The van der Waals surface area contributed by atoms with Crippen LogP contribution in [-0.4, -0.2) is 48.2 Å². The Morgan fingerprint density at radius 2 is 2.28 bits per heavy atom. The first kappa shape index (κ1) is 12.3. The first-order valence-electron chi connectivity index (χ1n) is 6.58. The molecule has 0 saturated carbocycles. The Kier molecular flexibility index (Phi) is 3.48. The molecule has 0 radical (unpaired) electrons. The van der Waals surface area contributed by atoms with Gasteiger partial charge in [0.15, 0.2) is 5.17 Å². The molecule has 6 heteroatoms. The maximum absolute atomic E-state index is 11.1. The Bertz CT molecular complexity index is 366. The molecular formula is C12H19N3O2S. The van der Waals surface area contributed by atoms with Crippen LogP contribution in [0.5, 0.6) is 0 Å². The fourth-order valence-electron chi connectivity index (χ4n) is 2.63. The monoisotopic (exact) mass is 269 g/mol. The van der Waals surface area contributed by atoms with Gasteiger partial charge in [0.25, 0.3) is 0 Å². The zero-order chi connectivity index (χ0) is 12.4. The Morgan fingerprint density at radius 3 is 3.00 bits per heavy atom. The van der Waals surface area contributed by atoms with Crippen molar-refractivity contribution in [1.29, 1.82) is 0 Å². The van der Waals surface area contributed by atoms with Crippen molar-refractivity contribution in [2.45, 2.75) is 37.3 Å². The van der Waals surface area contributed by atoms with Gasteiger partial charge in [-0.3, -0.25) is 9.79 Å². The van der Waals surface area contributed by atoms with Gasteiger partial charge in [0.2, 0.25) is 5.91 Å². The zero-order valence-corrected chi connectivity index (χ0v) is 11.2. The first-order valence-corrected chi connectivity index (χ1v) is 7.57. The standard InChI is InChI=1S/C12H19N3O2S/c16-10-2-1-9(14-10)7-13-11-15-12(8-18-11)3-5-17-6-4-12/h9H,1-8H2,(H,13,15)(H,14,16). The van der Waals surface area contributed by atoms with E-state index in [2.05, 4.69) is 15.6 Å². The van der Waals surface area contributed by atoms with Gasteiger partial charge in [0, 0.05) is 31.4 Å². The molecule has 0 aliphatic carbocycles. The van der Waals surface area contributed by atoms with Crippen molar-refractivity contribution in [2.24, 2.45) is 4.99 Å². The van der Waals surface area contributed by atoms with Gasteiger partial charge >= 0.3 is 0 Å². The third kappa shape index (κ3) is 2.64. The van der Waals surface area contributed by atoms with Gasteiger partial charge in [-0.25, -0.2) is 0 Å². The van der Waals surface area contributed by atoms with Gasteiger partial charge in [-0.2, -0.15) is 0 Å². The minimum absolute atomic E-state index is 0.160. The number of nitrogens with zero attached hydrogens (tertiary/aromatic N) is 1. The number of carbonyl (C=O) groups is 1. The lowest BCUT2D eigenvalue weighted by molar-refractivity contribution is -0.119. The number of aliphatic imine (C=N–C) groups is 1. The highest BCUT2D eigenvalue weighted by Crippen LogP contribution is 2.31. The van der Waals surface area contributed by atoms with E-state index in [-0.39, 0.29) is 17.5 Å². The predicted molar refractivity (Wildman–Crippen MR) is 71.8 cm³/mol. The summed E-state index contributed by atoms with van der Waals surface area (Å²) in [5, 5.41) is 7.55. The summed E-state index contributed by atoms with van der Waals surface area (Å²) in [6.45, 7) is 2.40. The van der Waals surface area contributed by atoms with Crippen LogP contribution in [-0.2, 0) is 9.53 Å². The lowest BCUT2D eigenvalue weighted by Gasteiger charge is -2.32. The second kappa shape index (κ2) is 5.09. The summed E-state index contributed by atoms with van der Waals surface area (Å²) >= 11 is 1.80. The highest BCUT2D eigenvalue weighted by Gasteiger charge is 2.38. The normalized spacial score (nSPS) is 32.8. The second-order valence-corrected chi connectivity index (χ2v) is 6.22. The molecule has 3 rings (SSSR count). The lowest BCUT2D eigenvalue weighted by atomic mass is 9.93. The van der Waals surface area contributed by atoms with Crippen LogP contribution in [0.3, 0.4) is 0 Å². The Balaban J connectivity index is 1.53. The molecule has 1 atom stereocenters. The largest absolute Gasteiger partial charge is 0.381 e. The molecule has 18 heavy (non-hydrogen) atoms. The van der Waals surface area contributed by atoms with E-state index in [0.29, 0.717) is 13.0 Å². The average Bonchev–Trinajstić information content (AvgIpc) is 2.96. The number of hydrogen-bond acceptors (Lipinski definition) is 4. The summed E-state index contributed by atoms with van der Waals surface area (Å²) in [6, 6.07) is 0.235. The zero-order valence-electron chi connectivity index (χ0n) is 10.4. The minimum atomic E-state index is 0.160. The number of nitrogens with one attached hydrogen (secondary N) is 2. The lowest BCUT2D eigenvalue weighted by Crippen LogP contribution is -2.48. The van der Waals surface area contributed by atoms with Gasteiger partial charge < -0.3 is 15.4 Å². The Hall–Kier alpha value is -0.750. The van der Waals surface area contributed by atoms with E-state index < -0.39 is 0 Å². The van der Waals surface area contributed by atoms with Crippen LogP contribution < -0.4 is 10.6 Å². The molecular weight excluding hydrogens is 250 g/mol. The van der Waals surface area contributed by atoms with Crippen molar-refractivity contribution in [1.82, 2.24) is 10.6 Å². The van der Waals surface area contributed by atoms with E-state index in [1.54, 1.807) is 11.8 Å². The minimum Gasteiger partial charge on any atom is -0.381 e. The van der Waals surface area contributed by atoms with Crippen LogP contribution in [0.25, 0.3) is 0 Å². The highest BCUT2D eigenvalue weighted by atomic mass is 32.2. The number of thioether (sulfide) groups is 1. The van der Waals surface area contributed by atoms with Crippen LogP contribution in [0.4, 0.5) is 0 Å². The number of carbonyl (C=O) groups excluding carboxylic acids is 1. The number of rotatable bonds is 2. The third-order valence-electron chi connectivity index (χ3n) is 3.85. The highest BCUT2D eigenvalue weighted by molar-refractivity contribution is 8.14. The second-order valence-electron chi connectivity index (χ2n) is 5.26. The van der Waals surface area contributed by atoms with Gasteiger partial charge in [0.05, 0.1) is 12.1 Å². The first-order chi connectivity index (χ1) is 8.76. The molecule has 3 saturated heterocycles. The molecule has 0 aromatic heterocycles. The van der Waals surface area contributed by atoms with E-state index in [4.69, 9.17) is 4.74 Å². The van der Waals surface area contributed by atoms with E-state index in [0.717, 1.165) is 43.4 Å². The smallest absolute Gasteiger partial charge is 0.220 e. The topological polar surface area (TPSA) is 62.7 Å². The van der Waals surface area contributed by atoms with Crippen molar-refractivity contribution >= 4 is 22.8 Å². The van der Waals surface area contributed by atoms with E-state index in [1.165, 1.54) is 0 Å². The molecule has 5 nitrogen and oxygen atoms in total. The van der Waals surface area contributed by atoms with Crippen molar-refractivity contribution in [3.8, 4) is 0 Å². The van der Waals surface area contributed by atoms with Crippen LogP contribution in [0.2, 0.25) is 0 Å². The van der Waals surface area contributed by atoms with Crippen molar-refractivity contribution < 1.29 is 9.53 Å². The van der Waals surface area contributed by atoms with E-state index >= 15 is 0 Å². The van der Waals surface area contributed by atoms with Gasteiger partial charge in [-0.1, -0.05) is 11.8 Å². The molecule has 0 aromatic carbocycles. The number of hydrogen-bond donors (Lipinski definition) is 2. The summed E-state index contributed by atoms with van der Waals surface area (Å²) in [4.78, 5) is 15.7. The van der Waals surface area contributed by atoms with Gasteiger partial charge in [-0.15, -0.1) is 0 Å². The van der Waals surface area contributed by atoms with E-state index in [9.17, 15) is 4.79 Å². The predicted octanol–water partition coefficient (Wildman–Crippen LogP) is 0.507. The average molecular weight is 269 g/mol. The fraction of sp³-hybridized carbons (Fsp3) is 0.833. The summed E-state index contributed by atoms with van der Waals surface area (Å²) in [5.74, 6) is 1.25. The molecule has 3 heterocycles. The molecule has 3 aliphatic rings. The Morgan fingerprint density at radius 1 is 1.44 bits per heavy atom. The van der Waals surface area contributed by atoms with Crippen molar-refractivity contribution in [2.75, 3.05) is 25.5 Å². The number of amidine groups is 1. The summed E-state index contributed by atoms with van der Waals surface area (Å²) in [7, 11) is 0. The van der Waals surface area contributed by atoms with Gasteiger partial charge in [-0.05, 0) is 19.3 Å². The molecule has 0 aromatic rings. The molecule has 1 spiro atoms.